The van der Waals surface area contributed by atoms with Gasteiger partial charge in [0.05, 0.1) is 18.2 Å². The van der Waals surface area contributed by atoms with E-state index in [1.54, 1.807) is 19.1 Å². The summed E-state index contributed by atoms with van der Waals surface area (Å²) in [5.74, 6) is -0.664. The lowest BCUT2D eigenvalue weighted by Crippen LogP contribution is -2.41. The molecule has 5 nitrogen and oxygen atoms in total. The molecule has 2 aromatic rings. The van der Waals surface area contributed by atoms with Gasteiger partial charge in [-0.25, -0.2) is 0 Å². The first-order valence-electron chi connectivity index (χ1n) is 8.22. The highest BCUT2D eigenvalue weighted by Gasteiger charge is 2.24. The highest BCUT2D eigenvalue weighted by atomic mass is 32.2. The Morgan fingerprint density at radius 1 is 1.12 bits per heavy atom. The van der Waals surface area contributed by atoms with Crippen LogP contribution < -0.4 is 4.90 Å². The molecule has 1 amide bonds. The fraction of sp³-hybridized carbons (Fsp3) is 0.250. The molecular formula is C20H20N2O3S. The molecule has 0 saturated heterocycles. The average molecular weight is 368 g/mol. The Morgan fingerprint density at radius 2 is 1.73 bits per heavy atom. The Labute approximate surface area is 157 Å². The summed E-state index contributed by atoms with van der Waals surface area (Å²) in [7, 11) is 0. The standard InChI is InChI=1S/C20H20N2O3S/c1-16(25-19(23)15-26-18-11-6-3-7-12-18)20(24)22(14-8-13-21)17-9-4-2-5-10-17/h2-7,9-12,16H,8,14-15H2,1H3/t16-/m1/s1. The predicted octanol–water partition coefficient (Wildman–Crippen LogP) is 3.66. The van der Waals surface area contributed by atoms with Crippen molar-refractivity contribution in [2.24, 2.45) is 0 Å². The van der Waals surface area contributed by atoms with E-state index in [1.165, 1.54) is 16.7 Å². The number of esters is 1. The van der Waals surface area contributed by atoms with Crippen molar-refractivity contribution in [3.05, 3.63) is 60.7 Å². The monoisotopic (exact) mass is 368 g/mol. The molecule has 0 aromatic heterocycles. The number of benzene rings is 2. The number of hydrogen-bond acceptors (Lipinski definition) is 5. The highest BCUT2D eigenvalue weighted by molar-refractivity contribution is 8.00. The van der Waals surface area contributed by atoms with E-state index < -0.39 is 12.1 Å². The fourth-order valence-electron chi connectivity index (χ4n) is 2.30. The van der Waals surface area contributed by atoms with Gasteiger partial charge in [-0.2, -0.15) is 5.26 Å². The summed E-state index contributed by atoms with van der Waals surface area (Å²) in [4.78, 5) is 27.2. The zero-order valence-electron chi connectivity index (χ0n) is 14.5. The number of amides is 1. The van der Waals surface area contributed by atoms with Gasteiger partial charge in [-0.05, 0) is 31.2 Å². The first-order chi connectivity index (χ1) is 12.6. The maximum atomic E-state index is 12.7. The normalized spacial score (nSPS) is 11.2. The molecule has 0 N–H and O–H groups in total. The molecule has 0 aliphatic heterocycles. The third-order valence-corrected chi connectivity index (χ3v) is 4.52. The minimum absolute atomic E-state index is 0.130. The van der Waals surface area contributed by atoms with Crippen LogP contribution in [0.1, 0.15) is 13.3 Å². The number of rotatable bonds is 8. The minimum Gasteiger partial charge on any atom is -0.452 e. The zero-order chi connectivity index (χ0) is 18.8. The number of carbonyl (C=O) groups excluding carboxylic acids is 2. The minimum atomic E-state index is -0.919. The molecule has 2 rings (SSSR count). The molecule has 0 bridgehead atoms. The lowest BCUT2D eigenvalue weighted by atomic mass is 10.2. The van der Waals surface area contributed by atoms with Crippen LogP contribution in [0.2, 0.25) is 0 Å². The van der Waals surface area contributed by atoms with Gasteiger partial charge in [-0.1, -0.05) is 36.4 Å². The largest absolute Gasteiger partial charge is 0.452 e. The summed E-state index contributed by atoms with van der Waals surface area (Å²) >= 11 is 1.36. The van der Waals surface area contributed by atoms with Crippen LogP contribution >= 0.6 is 11.8 Å². The molecule has 0 aliphatic carbocycles. The lowest BCUT2D eigenvalue weighted by Gasteiger charge is -2.25. The van der Waals surface area contributed by atoms with E-state index in [0.29, 0.717) is 5.69 Å². The van der Waals surface area contributed by atoms with Gasteiger partial charge in [0.25, 0.3) is 5.91 Å². The van der Waals surface area contributed by atoms with Crippen molar-refractivity contribution < 1.29 is 14.3 Å². The van der Waals surface area contributed by atoms with Crippen LogP contribution in [-0.4, -0.2) is 30.3 Å². The summed E-state index contributed by atoms with van der Waals surface area (Å²) < 4.78 is 5.28. The van der Waals surface area contributed by atoms with Crippen LogP contribution in [0.25, 0.3) is 0 Å². The third kappa shape index (κ3) is 5.94. The van der Waals surface area contributed by atoms with E-state index in [1.807, 2.05) is 54.6 Å². The number of hydrogen-bond donors (Lipinski definition) is 0. The van der Waals surface area contributed by atoms with E-state index >= 15 is 0 Å². The van der Waals surface area contributed by atoms with E-state index in [4.69, 9.17) is 10.00 Å². The van der Waals surface area contributed by atoms with Gasteiger partial charge in [-0.3, -0.25) is 9.59 Å². The molecule has 0 aliphatic rings. The van der Waals surface area contributed by atoms with Gasteiger partial charge in [-0.15, -0.1) is 11.8 Å². The number of para-hydroxylation sites is 1. The second kappa shape index (κ2) is 10.3. The van der Waals surface area contributed by atoms with Gasteiger partial charge < -0.3 is 9.64 Å². The summed E-state index contributed by atoms with van der Waals surface area (Å²) in [5, 5.41) is 8.83. The summed E-state index contributed by atoms with van der Waals surface area (Å²) in [6.07, 6.45) is -0.719. The SMILES string of the molecule is C[C@@H](OC(=O)CSc1ccccc1)C(=O)N(CCC#N)c1ccccc1. The Morgan fingerprint density at radius 3 is 2.35 bits per heavy atom. The second-order valence-corrected chi connectivity index (χ2v) is 6.52. The van der Waals surface area contributed by atoms with Crippen molar-refractivity contribution >= 4 is 29.3 Å². The van der Waals surface area contributed by atoms with Crippen molar-refractivity contribution in [3.63, 3.8) is 0 Å². The lowest BCUT2D eigenvalue weighted by molar-refractivity contribution is -0.151. The summed E-state index contributed by atoms with van der Waals surface area (Å²) in [5.41, 5.74) is 0.675. The zero-order valence-corrected chi connectivity index (χ0v) is 15.3. The van der Waals surface area contributed by atoms with Crippen LogP contribution in [-0.2, 0) is 14.3 Å². The van der Waals surface area contributed by atoms with E-state index in [-0.39, 0.29) is 24.6 Å². The van der Waals surface area contributed by atoms with Gasteiger partial charge >= 0.3 is 5.97 Å². The van der Waals surface area contributed by atoms with E-state index in [9.17, 15) is 9.59 Å². The molecular weight excluding hydrogens is 348 g/mol. The van der Waals surface area contributed by atoms with Crippen LogP contribution in [0, 0.1) is 11.3 Å². The molecule has 0 heterocycles. The van der Waals surface area contributed by atoms with E-state index in [2.05, 4.69) is 0 Å². The molecule has 0 unspecified atom stereocenters. The highest BCUT2D eigenvalue weighted by Crippen LogP contribution is 2.19. The van der Waals surface area contributed by atoms with Crippen LogP contribution in [0.5, 0.6) is 0 Å². The molecule has 0 spiro atoms. The second-order valence-electron chi connectivity index (χ2n) is 5.47. The Hall–Kier alpha value is -2.78. The van der Waals surface area contributed by atoms with Crippen LogP contribution in [0.15, 0.2) is 65.6 Å². The molecule has 26 heavy (non-hydrogen) atoms. The van der Waals surface area contributed by atoms with Crippen molar-refractivity contribution in [3.8, 4) is 6.07 Å². The van der Waals surface area contributed by atoms with Crippen molar-refractivity contribution in [1.82, 2.24) is 0 Å². The molecule has 0 fully saturated rings. The summed E-state index contributed by atoms with van der Waals surface area (Å²) in [6, 6.07) is 20.6. The van der Waals surface area contributed by atoms with Gasteiger partial charge in [0.1, 0.15) is 0 Å². The fourth-order valence-corrected chi connectivity index (χ4v) is 3.00. The number of nitriles is 1. The first-order valence-corrected chi connectivity index (χ1v) is 9.21. The molecule has 134 valence electrons. The Balaban J connectivity index is 1.94. The van der Waals surface area contributed by atoms with Gasteiger partial charge in [0.15, 0.2) is 6.10 Å². The molecule has 1 atom stereocenters. The smallest absolute Gasteiger partial charge is 0.317 e. The average Bonchev–Trinajstić information content (AvgIpc) is 2.68. The molecule has 2 aromatic carbocycles. The number of anilines is 1. The number of nitrogens with zero attached hydrogens (tertiary/aromatic N) is 2. The van der Waals surface area contributed by atoms with Crippen molar-refractivity contribution in [2.45, 2.75) is 24.3 Å². The Bertz CT molecular complexity index is 760. The number of ether oxygens (including phenoxy) is 1. The maximum Gasteiger partial charge on any atom is 0.317 e. The third-order valence-electron chi connectivity index (χ3n) is 3.54. The predicted molar refractivity (Wildman–Crippen MR) is 102 cm³/mol. The topological polar surface area (TPSA) is 70.4 Å². The number of thioether (sulfide) groups is 1. The first kappa shape index (κ1) is 19.5. The molecule has 6 heteroatoms. The van der Waals surface area contributed by atoms with Crippen molar-refractivity contribution in [2.75, 3.05) is 17.2 Å². The maximum absolute atomic E-state index is 12.7. The number of carbonyl (C=O) groups is 2. The molecule has 0 saturated carbocycles. The van der Waals surface area contributed by atoms with Crippen LogP contribution in [0.4, 0.5) is 5.69 Å². The van der Waals surface area contributed by atoms with Crippen LogP contribution in [0.3, 0.4) is 0 Å². The van der Waals surface area contributed by atoms with E-state index in [0.717, 1.165) is 4.90 Å². The Kier molecular flexibility index (Phi) is 7.72. The van der Waals surface area contributed by atoms with Gasteiger partial charge in [0.2, 0.25) is 0 Å². The quantitative estimate of drug-likeness (QED) is 0.525. The van der Waals surface area contributed by atoms with Gasteiger partial charge in [0, 0.05) is 17.1 Å². The molecule has 0 radical (unpaired) electrons. The summed E-state index contributed by atoms with van der Waals surface area (Å²) in [6.45, 7) is 1.80. The van der Waals surface area contributed by atoms with Crippen molar-refractivity contribution in [1.29, 1.82) is 5.26 Å².